The number of aromatic carboxylic acids is 1. The average molecular weight is 289 g/mol. The van der Waals surface area contributed by atoms with E-state index in [0.717, 1.165) is 12.1 Å². The van der Waals surface area contributed by atoms with E-state index >= 15 is 0 Å². The molecule has 0 spiro atoms. The lowest BCUT2D eigenvalue weighted by molar-refractivity contribution is -0.138. The molecular weight excluding hydrogens is 275 g/mol. The van der Waals surface area contributed by atoms with Crippen LogP contribution in [0.2, 0.25) is 0 Å². The Morgan fingerprint density at radius 3 is 2.70 bits per heavy atom. The maximum atomic E-state index is 12.9. The van der Waals surface area contributed by atoms with Crippen LogP contribution in [0.15, 0.2) is 18.2 Å². The van der Waals surface area contributed by atoms with Gasteiger partial charge in [-0.15, -0.1) is 0 Å². The van der Waals surface area contributed by atoms with E-state index < -0.39 is 23.3 Å². The third kappa shape index (κ3) is 3.04. The molecule has 0 bridgehead atoms. The van der Waals surface area contributed by atoms with Crippen molar-refractivity contribution in [1.82, 2.24) is 0 Å². The minimum atomic E-state index is -4.69. The molecule has 1 aliphatic rings. The fraction of sp³-hybridized carbons (Fsp3) is 0.462. The van der Waals surface area contributed by atoms with E-state index in [0.29, 0.717) is 25.4 Å². The molecule has 2 rings (SSSR count). The van der Waals surface area contributed by atoms with Crippen LogP contribution in [0.5, 0.6) is 0 Å². The van der Waals surface area contributed by atoms with Crippen molar-refractivity contribution in [3.05, 3.63) is 29.3 Å². The summed E-state index contributed by atoms with van der Waals surface area (Å²) < 4.78 is 44.1. The molecule has 1 fully saturated rings. The molecular formula is C13H14F3NO3. The number of hydrogen-bond acceptors (Lipinski definition) is 3. The number of alkyl halides is 3. The van der Waals surface area contributed by atoms with Gasteiger partial charge in [0.15, 0.2) is 0 Å². The lowest BCUT2D eigenvalue weighted by Crippen LogP contribution is -2.41. The second-order valence-electron chi connectivity index (χ2n) is 4.66. The van der Waals surface area contributed by atoms with Gasteiger partial charge < -0.3 is 14.7 Å². The van der Waals surface area contributed by atoms with Crippen LogP contribution in [0.25, 0.3) is 0 Å². The first-order valence-corrected chi connectivity index (χ1v) is 6.10. The van der Waals surface area contributed by atoms with Gasteiger partial charge in [-0.05, 0) is 25.1 Å². The monoisotopic (exact) mass is 289 g/mol. The standard InChI is InChI=1S/C13H14F3NO3/c1-8-7-17(4-5-20-8)9-2-3-10(12(18)19)11(6-9)13(14,15)16/h2-3,6,8H,4-5,7H2,1H3,(H,18,19). The van der Waals surface area contributed by atoms with Crippen LogP contribution in [-0.4, -0.2) is 36.9 Å². The van der Waals surface area contributed by atoms with Crippen molar-refractivity contribution in [3.8, 4) is 0 Å². The lowest BCUT2D eigenvalue weighted by Gasteiger charge is -2.33. The summed E-state index contributed by atoms with van der Waals surface area (Å²) in [6.07, 6.45) is -4.76. The molecule has 0 aromatic heterocycles. The second kappa shape index (κ2) is 5.32. The van der Waals surface area contributed by atoms with Crippen LogP contribution in [0.3, 0.4) is 0 Å². The molecule has 0 amide bonds. The van der Waals surface area contributed by atoms with Crippen LogP contribution >= 0.6 is 0 Å². The highest BCUT2D eigenvalue weighted by atomic mass is 19.4. The van der Waals surface area contributed by atoms with Gasteiger partial charge in [0.1, 0.15) is 0 Å². The summed E-state index contributed by atoms with van der Waals surface area (Å²) in [5.41, 5.74) is -1.50. The number of carboxylic acid groups (broad SMARTS) is 1. The van der Waals surface area contributed by atoms with E-state index in [9.17, 15) is 18.0 Å². The van der Waals surface area contributed by atoms with Crippen LogP contribution in [0.1, 0.15) is 22.8 Å². The normalized spacial score (nSPS) is 20.0. The van der Waals surface area contributed by atoms with Crippen molar-refractivity contribution in [1.29, 1.82) is 0 Å². The van der Waals surface area contributed by atoms with Gasteiger partial charge in [0.2, 0.25) is 0 Å². The largest absolute Gasteiger partial charge is 0.478 e. The quantitative estimate of drug-likeness (QED) is 0.909. The van der Waals surface area contributed by atoms with E-state index in [4.69, 9.17) is 9.84 Å². The maximum absolute atomic E-state index is 12.9. The molecule has 1 heterocycles. The summed E-state index contributed by atoms with van der Waals surface area (Å²) in [5, 5.41) is 8.84. The minimum absolute atomic E-state index is 0.0720. The lowest BCUT2D eigenvalue weighted by atomic mass is 10.1. The van der Waals surface area contributed by atoms with E-state index in [1.807, 2.05) is 6.92 Å². The number of nitrogens with zero attached hydrogens (tertiary/aromatic N) is 1. The molecule has 1 aliphatic heterocycles. The SMILES string of the molecule is CC1CN(c2ccc(C(=O)O)c(C(F)(F)F)c2)CCO1. The Bertz CT molecular complexity index is 516. The molecule has 0 aliphatic carbocycles. The predicted octanol–water partition coefficient (Wildman–Crippen LogP) is 2.63. The number of carboxylic acids is 1. The summed E-state index contributed by atoms with van der Waals surface area (Å²) >= 11 is 0. The van der Waals surface area contributed by atoms with Crippen molar-refractivity contribution in [3.63, 3.8) is 0 Å². The van der Waals surface area contributed by atoms with Crippen molar-refractivity contribution in [2.75, 3.05) is 24.6 Å². The van der Waals surface area contributed by atoms with Gasteiger partial charge in [-0.1, -0.05) is 0 Å². The third-order valence-corrected chi connectivity index (χ3v) is 3.15. The number of rotatable bonds is 2. The van der Waals surface area contributed by atoms with Gasteiger partial charge in [0.25, 0.3) is 0 Å². The highest BCUT2D eigenvalue weighted by Gasteiger charge is 2.36. The van der Waals surface area contributed by atoms with E-state index in [-0.39, 0.29) is 6.10 Å². The van der Waals surface area contributed by atoms with Gasteiger partial charge in [0, 0.05) is 18.8 Å². The minimum Gasteiger partial charge on any atom is -0.478 e. The topological polar surface area (TPSA) is 49.8 Å². The number of carbonyl (C=O) groups is 1. The first-order chi connectivity index (χ1) is 9.29. The van der Waals surface area contributed by atoms with E-state index in [1.54, 1.807) is 4.90 Å². The average Bonchev–Trinajstić information content (AvgIpc) is 2.37. The summed E-state index contributed by atoms with van der Waals surface area (Å²) in [6, 6.07) is 3.29. The molecule has 7 heteroatoms. The highest BCUT2D eigenvalue weighted by molar-refractivity contribution is 5.90. The Labute approximate surface area is 113 Å². The first kappa shape index (κ1) is 14.6. The summed E-state index contributed by atoms with van der Waals surface area (Å²) in [6.45, 7) is 3.23. The predicted molar refractivity (Wildman–Crippen MR) is 66.0 cm³/mol. The zero-order valence-corrected chi connectivity index (χ0v) is 10.8. The molecule has 1 atom stereocenters. The number of anilines is 1. The Hall–Kier alpha value is -1.76. The fourth-order valence-electron chi connectivity index (χ4n) is 2.20. The number of halogens is 3. The molecule has 4 nitrogen and oxygen atoms in total. The second-order valence-corrected chi connectivity index (χ2v) is 4.66. The van der Waals surface area contributed by atoms with Crippen molar-refractivity contribution in [2.45, 2.75) is 19.2 Å². The van der Waals surface area contributed by atoms with Crippen LogP contribution in [0.4, 0.5) is 18.9 Å². The Morgan fingerprint density at radius 1 is 1.45 bits per heavy atom. The molecule has 1 N–H and O–H groups in total. The van der Waals surface area contributed by atoms with Gasteiger partial charge in [0.05, 0.1) is 23.8 Å². The van der Waals surface area contributed by atoms with E-state index in [1.165, 1.54) is 6.07 Å². The zero-order chi connectivity index (χ0) is 14.9. The molecule has 1 unspecified atom stereocenters. The Morgan fingerprint density at radius 2 is 2.15 bits per heavy atom. The molecule has 1 aromatic rings. The third-order valence-electron chi connectivity index (χ3n) is 3.15. The van der Waals surface area contributed by atoms with Gasteiger partial charge in [-0.2, -0.15) is 13.2 Å². The highest BCUT2D eigenvalue weighted by Crippen LogP contribution is 2.35. The molecule has 110 valence electrons. The van der Waals surface area contributed by atoms with Crippen LogP contribution in [-0.2, 0) is 10.9 Å². The number of ether oxygens (including phenoxy) is 1. The number of morpholine rings is 1. The maximum Gasteiger partial charge on any atom is 0.417 e. The van der Waals surface area contributed by atoms with Crippen LogP contribution < -0.4 is 4.90 Å². The summed E-state index contributed by atoms with van der Waals surface area (Å²) in [5.74, 6) is -1.58. The van der Waals surface area contributed by atoms with Crippen molar-refractivity contribution < 1.29 is 27.8 Å². The van der Waals surface area contributed by atoms with Crippen LogP contribution in [0, 0.1) is 0 Å². The zero-order valence-electron chi connectivity index (χ0n) is 10.8. The Balaban J connectivity index is 2.39. The fourth-order valence-corrected chi connectivity index (χ4v) is 2.20. The summed E-state index contributed by atoms with van der Waals surface area (Å²) in [4.78, 5) is 12.6. The van der Waals surface area contributed by atoms with Gasteiger partial charge in [-0.25, -0.2) is 4.79 Å². The first-order valence-electron chi connectivity index (χ1n) is 6.10. The smallest absolute Gasteiger partial charge is 0.417 e. The molecule has 1 aromatic carbocycles. The molecule has 0 radical (unpaired) electrons. The van der Waals surface area contributed by atoms with E-state index in [2.05, 4.69) is 0 Å². The molecule has 1 saturated heterocycles. The van der Waals surface area contributed by atoms with Gasteiger partial charge >= 0.3 is 12.1 Å². The van der Waals surface area contributed by atoms with Crippen molar-refractivity contribution in [2.24, 2.45) is 0 Å². The number of benzene rings is 1. The molecule has 0 saturated carbocycles. The molecule has 20 heavy (non-hydrogen) atoms. The number of hydrogen-bond donors (Lipinski definition) is 1. The van der Waals surface area contributed by atoms with Gasteiger partial charge in [-0.3, -0.25) is 0 Å². The van der Waals surface area contributed by atoms with Crippen molar-refractivity contribution >= 4 is 11.7 Å². The summed E-state index contributed by atoms with van der Waals surface area (Å²) in [7, 11) is 0. The Kier molecular flexibility index (Phi) is 3.89.